The quantitative estimate of drug-likeness (QED) is 0.820. The van der Waals surface area contributed by atoms with Crippen molar-refractivity contribution in [3.63, 3.8) is 0 Å². The van der Waals surface area contributed by atoms with E-state index in [2.05, 4.69) is 0 Å². The summed E-state index contributed by atoms with van der Waals surface area (Å²) >= 11 is 0. The van der Waals surface area contributed by atoms with Crippen LogP contribution in [0.1, 0.15) is 12.0 Å². The summed E-state index contributed by atoms with van der Waals surface area (Å²) in [6, 6.07) is 13.8. The maximum Gasteiger partial charge on any atom is 0.304 e. The van der Waals surface area contributed by atoms with Crippen molar-refractivity contribution < 1.29 is 14.7 Å². The Morgan fingerprint density at radius 1 is 1.17 bits per heavy atom. The molecule has 0 aliphatic heterocycles. The monoisotopic (exact) mass is 242 g/mol. The largest absolute Gasteiger partial charge is 0.481 e. The number of fused-ring (bicyclic) bond motifs is 1. The summed E-state index contributed by atoms with van der Waals surface area (Å²) in [6.07, 6.45) is 1.08. The second-order valence-electron chi connectivity index (χ2n) is 4.34. The van der Waals surface area contributed by atoms with Gasteiger partial charge < -0.3 is 9.90 Å². The predicted molar refractivity (Wildman–Crippen MR) is 69.5 cm³/mol. The van der Waals surface area contributed by atoms with Gasteiger partial charge in [0.2, 0.25) is 0 Å². The standard InChI is InChI=1S/C15H14O3/c16-10-11(9-15(17)18)8-13-6-3-5-12-4-1-2-7-14(12)13/h1-7,10-11H,8-9H2,(H,17,18). The molecule has 1 atom stereocenters. The van der Waals surface area contributed by atoms with Gasteiger partial charge in [0.15, 0.2) is 0 Å². The maximum atomic E-state index is 10.9. The minimum Gasteiger partial charge on any atom is -0.481 e. The van der Waals surface area contributed by atoms with Crippen LogP contribution in [0, 0.1) is 5.92 Å². The highest BCUT2D eigenvalue weighted by Crippen LogP contribution is 2.21. The molecule has 0 radical (unpaired) electrons. The van der Waals surface area contributed by atoms with Crippen molar-refractivity contribution in [3.8, 4) is 0 Å². The number of hydrogen-bond donors (Lipinski definition) is 1. The number of hydrogen-bond acceptors (Lipinski definition) is 2. The predicted octanol–water partition coefficient (Wildman–Crippen LogP) is 2.67. The van der Waals surface area contributed by atoms with Crippen molar-refractivity contribution in [1.29, 1.82) is 0 Å². The summed E-state index contributed by atoms with van der Waals surface area (Å²) in [5, 5.41) is 10.9. The minimum atomic E-state index is -0.938. The lowest BCUT2D eigenvalue weighted by Gasteiger charge is -2.10. The first-order valence-corrected chi connectivity index (χ1v) is 5.84. The average molecular weight is 242 g/mol. The molecule has 2 aromatic carbocycles. The van der Waals surface area contributed by atoms with Crippen LogP contribution >= 0.6 is 0 Å². The Morgan fingerprint density at radius 2 is 1.89 bits per heavy atom. The highest BCUT2D eigenvalue weighted by atomic mass is 16.4. The first-order chi connectivity index (χ1) is 8.70. The van der Waals surface area contributed by atoms with Gasteiger partial charge in [-0.3, -0.25) is 4.79 Å². The molecule has 3 heteroatoms. The Hall–Kier alpha value is -2.16. The van der Waals surface area contributed by atoms with Crippen molar-refractivity contribution in [2.75, 3.05) is 0 Å². The Labute approximate surface area is 105 Å². The van der Waals surface area contributed by atoms with Gasteiger partial charge in [0.1, 0.15) is 6.29 Å². The smallest absolute Gasteiger partial charge is 0.304 e. The van der Waals surface area contributed by atoms with Crippen molar-refractivity contribution >= 4 is 23.0 Å². The summed E-state index contributed by atoms with van der Waals surface area (Å²) in [5.74, 6) is -1.40. The molecule has 0 saturated heterocycles. The SMILES string of the molecule is O=CC(CC(=O)O)Cc1cccc2ccccc12. The van der Waals surface area contributed by atoms with E-state index in [9.17, 15) is 9.59 Å². The van der Waals surface area contributed by atoms with Gasteiger partial charge in [-0.25, -0.2) is 0 Å². The normalized spacial score (nSPS) is 12.2. The third kappa shape index (κ3) is 2.74. The molecule has 1 N–H and O–H groups in total. The summed E-state index contributed by atoms with van der Waals surface area (Å²) in [6.45, 7) is 0. The molecule has 2 aromatic rings. The lowest BCUT2D eigenvalue weighted by molar-refractivity contribution is -0.139. The van der Waals surface area contributed by atoms with Crippen LogP contribution in [-0.2, 0) is 16.0 Å². The molecule has 0 spiro atoms. The second kappa shape index (κ2) is 5.45. The van der Waals surface area contributed by atoms with Gasteiger partial charge in [0.05, 0.1) is 6.42 Å². The molecule has 18 heavy (non-hydrogen) atoms. The van der Waals surface area contributed by atoms with Gasteiger partial charge in [-0.1, -0.05) is 42.5 Å². The fourth-order valence-corrected chi connectivity index (χ4v) is 2.15. The van der Waals surface area contributed by atoms with Gasteiger partial charge >= 0.3 is 5.97 Å². The number of carboxylic acids is 1. The van der Waals surface area contributed by atoms with Crippen molar-refractivity contribution in [1.82, 2.24) is 0 Å². The summed E-state index contributed by atoms with van der Waals surface area (Å²) in [7, 11) is 0. The number of aldehydes is 1. The van der Waals surface area contributed by atoms with E-state index in [0.29, 0.717) is 6.42 Å². The summed E-state index contributed by atoms with van der Waals surface area (Å²) < 4.78 is 0. The maximum absolute atomic E-state index is 10.9. The third-order valence-electron chi connectivity index (χ3n) is 2.99. The van der Waals surface area contributed by atoms with E-state index in [1.54, 1.807) is 0 Å². The molecular weight excluding hydrogens is 228 g/mol. The zero-order valence-electron chi connectivity index (χ0n) is 9.87. The van der Waals surface area contributed by atoms with E-state index < -0.39 is 11.9 Å². The van der Waals surface area contributed by atoms with E-state index in [4.69, 9.17) is 5.11 Å². The zero-order valence-corrected chi connectivity index (χ0v) is 9.87. The average Bonchev–Trinajstić information content (AvgIpc) is 2.38. The molecule has 0 aromatic heterocycles. The number of aliphatic carboxylic acids is 1. The van der Waals surface area contributed by atoms with E-state index >= 15 is 0 Å². The van der Waals surface area contributed by atoms with Crippen LogP contribution in [0.25, 0.3) is 10.8 Å². The minimum absolute atomic E-state index is 0.118. The molecule has 0 bridgehead atoms. The Morgan fingerprint density at radius 3 is 2.61 bits per heavy atom. The van der Waals surface area contributed by atoms with Crippen molar-refractivity contribution in [2.24, 2.45) is 5.92 Å². The Balaban J connectivity index is 2.30. The third-order valence-corrected chi connectivity index (χ3v) is 2.99. The first-order valence-electron chi connectivity index (χ1n) is 5.84. The molecule has 0 amide bonds. The lowest BCUT2D eigenvalue weighted by Crippen LogP contribution is -2.12. The van der Waals surface area contributed by atoms with Crippen LogP contribution in [0.2, 0.25) is 0 Å². The van der Waals surface area contributed by atoms with Gasteiger partial charge in [0.25, 0.3) is 0 Å². The highest BCUT2D eigenvalue weighted by Gasteiger charge is 2.14. The molecule has 0 saturated carbocycles. The van der Waals surface area contributed by atoms with Crippen molar-refractivity contribution in [2.45, 2.75) is 12.8 Å². The fourth-order valence-electron chi connectivity index (χ4n) is 2.15. The highest BCUT2D eigenvalue weighted by molar-refractivity contribution is 5.86. The van der Waals surface area contributed by atoms with E-state index in [1.165, 1.54) is 0 Å². The van der Waals surface area contributed by atoms with E-state index in [0.717, 1.165) is 22.6 Å². The Bertz CT molecular complexity index is 569. The summed E-state index contributed by atoms with van der Waals surface area (Å²) in [4.78, 5) is 21.6. The summed E-state index contributed by atoms with van der Waals surface area (Å²) in [5.41, 5.74) is 1.02. The number of carbonyl (C=O) groups excluding carboxylic acids is 1. The molecule has 0 aliphatic carbocycles. The molecule has 0 fully saturated rings. The van der Waals surface area contributed by atoms with E-state index in [-0.39, 0.29) is 6.42 Å². The van der Waals surface area contributed by atoms with Crippen LogP contribution in [-0.4, -0.2) is 17.4 Å². The molecule has 2 rings (SSSR count). The first kappa shape index (κ1) is 12.3. The van der Waals surface area contributed by atoms with E-state index in [1.807, 2.05) is 42.5 Å². The molecule has 0 heterocycles. The molecular formula is C15H14O3. The number of carboxylic acid groups (broad SMARTS) is 1. The van der Waals surface area contributed by atoms with Gasteiger partial charge in [-0.05, 0) is 22.8 Å². The number of rotatable bonds is 5. The van der Waals surface area contributed by atoms with Crippen LogP contribution in [0.5, 0.6) is 0 Å². The van der Waals surface area contributed by atoms with Crippen LogP contribution in [0.4, 0.5) is 0 Å². The van der Waals surface area contributed by atoms with Crippen LogP contribution < -0.4 is 0 Å². The van der Waals surface area contributed by atoms with Crippen molar-refractivity contribution in [3.05, 3.63) is 48.0 Å². The van der Waals surface area contributed by atoms with Crippen LogP contribution in [0.3, 0.4) is 0 Å². The molecule has 92 valence electrons. The molecule has 0 aliphatic rings. The topological polar surface area (TPSA) is 54.4 Å². The molecule has 1 unspecified atom stereocenters. The fraction of sp³-hybridized carbons (Fsp3) is 0.200. The second-order valence-corrected chi connectivity index (χ2v) is 4.34. The lowest BCUT2D eigenvalue weighted by atomic mass is 9.94. The number of carbonyl (C=O) groups is 2. The zero-order chi connectivity index (χ0) is 13.0. The molecule has 3 nitrogen and oxygen atoms in total. The number of benzene rings is 2. The van der Waals surface area contributed by atoms with Crippen LogP contribution in [0.15, 0.2) is 42.5 Å². The van der Waals surface area contributed by atoms with Gasteiger partial charge in [0, 0.05) is 5.92 Å². The Kier molecular flexibility index (Phi) is 3.72. The van der Waals surface area contributed by atoms with Gasteiger partial charge in [-0.2, -0.15) is 0 Å². The van der Waals surface area contributed by atoms with Gasteiger partial charge in [-0.15, -0.1) is 0 Å².